The Hall–Kier alpha value is -0.960. The first-order valence-electron chi connectivity index (χ1n) is 5.31. The van der Waals surface area contributed by atoms with Crippen molar-refractivity contribution in [3.05, 3.63) is 35.9 Å². The molecule has 0 saturated carbocycles. The second-order valence-electron chi connectivity index (χ2n) is 3.71. The lowest BCUT2D eigenvalue weighted by Gasteiger charge is -2.09. The van der Waals surface area contributed by atoms with Crippen LogP contribution in [0.1, 0.15) is 23.2 Å². The Balaban J connectivity index is 1.82. The van der Waals surface area contributed by atoms with Crippen molar-refractivity contribution < 1.29 is 4.79 Å². The molecule has 1 amide bonds. The van der Waals surface area contributed by atoms with E-state index in [1.165, 1.54) is 18.6 Å². The molecule has 1 N–H and O–H groups in total. The van der Waals surface area contributed by atoms with E-state index in [1.54, 1.807) is 0 Å². The van der Waals surface area contributed by atoms with E-state index in [0.29, 0.717) is 5.25 Å². The SMILES string of the molecule is O=C(NC[C@@H]1CCCS1)c1ccccc1. The van der Waals surface area contributed by atoms with Crippen LogP contribution in [0, 0.1) is 0 Å². The average molecular weight is 221 g/mol. The monoisotopic (exact) mass is 221 g/mol. The number of nitrogens with one attached hydrogen (secondary N) is 1. The van der Waals surface area contributed by atoms with Crippen LogP contribution in [0.25, 0.3) is 0 Å². The minimum absolute atomic E-state index is 0.0445. The third-order valence-electron chi connectivity index (χ3n) is 2.55. The van der Waals surface area contributed by atoms with Gasteiger partial charge in [-0.15, -0.1) is 0 Å². The van der Waals surface area contributed by atoms with Crippen molar-refractivity contribution in [2.24, 2.45) is 0 Å². The van der Waals surface area contributed by atoms with Gasteiger partial charge in [-0.1, -0.05) is 18.2 Å². The molecule has 0 aromatic heterocycles. The Labute approximate surface area is 94.4 Å². The van der Waals surface area contributed by atoms with Crippen molar-refractivity contribution in [3.8, 4) is 0 Å². The van der Waals surface area contributed by atoms with E-state index in [4.69, 9.17) is 0 Å². The van der Waals surface area contributed by atoms with Gasteiger partial charge in [0.2, 0.25) is 0 Å². The number of benzene rings is 1. The van der Waals surface area contributed by atoms with Crippen LogP contribution < -0.4 is 5.32 Å². The van der Waals surface area contributed by atoms with Gasteiger partial charge in [0.25, 0.3) is 5.91 Å². The van der Waals surface area contributed by atoms with E-state index in [0.717, 1.165) is 12.1 Å². The topological polar surface area (TPSA) is 29.1 Å². The van der Waals surface area contributed by atoms with Gasteiger partial charge in [-0.2, -0.15) is 11.8 Å². The fourth-order valence-corrected chi connectivity index (χ4v) is 2.90. The summed E-state index contributed by atoms with van der Waals surface area (Å²) in [7, 11) is 0. The zero-order chi connectivity index (χ0) is 10.5. The van der Waals surface area contributed by atoms with Crippen LogP contribution >= 0.6 is 11.8 Å². The number of rotatable bonds is 3. The van der Waals surface area contributed by atoms with Gasteiger partial charge in [0.15, 0.2) is 0 Å². The second kappa shape index (κ2) is 5.21. The molecule has 1 aromatic rings. The molecule has 0 unspecified atom stereocenters. The Bertz CT molecular complexity index is 320. The Morgan fingerprint density at radius 1 is 1.40 bits per heavy atom. The fourth-order valence-electron chi connectivity index (χ4n) is 1.70. The minimum Gasteiger partial charge on any atom is -0.351 e. The van der Waals surface area contributed by atoms with Gasteiger partial charge in [-0.3, -0.25) is 4.79 Å². The number of thioether (sulfide) groups is 1. The van der Waals surface area contributed by atoms with Crippen molar-refractivity contribution in [3.63, 3.8) is 0 Å². The summed E-state index contributed by atoms with van der Waals surface area (Å²) >= 11 is 1.96. The highest BCUT2D eigenvalue weighted by Crippen LogP contribution is 2.25. The van der Waals surface area contributed by atoms with Crippen molar-refractivity contribution in [2.45, 2.75) is 18.1 Å². The summed E-state index contributed by atoms with van der Waals surface area (Å²) in [4.78, 5) is 11.7. The molecule has 0 bridgehead atoms. The smallest absolute Gasteiger partial charge is 0.251 e. The lowest BCUT2D eigenvalue weighted by molar-refractivity contribution is 0.0953. The quantitative estimate of drug-likeness (QED) is 0.848. The molecule has 2 rings (SSSR count). The lowest BCUT2D eigenvalue weighted by Crippen LogP contribution is -2.29. The van der Waals surface area contributed by atoms with E-state index in [2.05, 4.69) is 5.32 Å². The number of hydrogen-bond donors (Lipinski definition) is 1. The third kappa shape index (κ3) is 2.99. The maximum absolute atomic E-state index is 11.7. The summed E-state index contributed by atoms with van der Waals surface area (Å²) in [5.74, 6) is 1.29. The maximum Gasteiger partial charge on any atom is 0.251 e. The molecule has 1 aliphatic heterocycles. The summed E-state index contributed by atoms with van der Waals surface area (Å²) in [6, 6.07) is 9.39. The van der Waals surface area contributed by atoms with E-state index >= 15 is 0 Å². The van der Waals surface area contributed by atoms with Crippen LogP contribution in [0.15, 0.2) is 30.3 Å². The van der Waals surface area contributed by atoms with Crippen LogP contribution in [0.5, 0.6) is 0 Å². The van der Waals surface area contributed by atoms with E-state index < -0.39 is 0 Å². The number of hydrogen-bond acceptors (Lipinski definition) is 2. The molecular formula is C12H15NOS. The first kappa shape index (κ1) is 10.6. The van der Waals surface area contributed by atoms with Crippen molar-refractivity contribution >= 4 is 17.7 Å². The molecule has 1 aromatic carbocycles. The molecule has 1 fully saturated rings. The molecule has 0 spiro atoms. The molecule has 1 heterocycles. The predicted octanol–water partition coefficient (Wildman–Crippen LogP) is 2.31. The summed E-state index contributed by atoms with van der Waals surface area (Å²) in [5.41, 5.74) is 0.750. The molecule has 1 aliphatic rings. The van der Waals surface area contributed by atoms with Crippen LogP contribution in [-0.4, -0.2) is 23.5 Å². The zero-order valence-electron chi connectivity index (χ0n) is 8.61. The molecule has 0 radical (unpaired) electrons. The molecular weight excluding hydrogens is 206 g/mol. The standard InChI is InChI=1S/C12H15NOS/c14-12(10-5-2-1-3-6-10)13-9-11-7-4-8-15-11/h1-3,5-6,11H,4,7-9H2,(H,13,14)/t11-/m0/s1. The fraction of sp³-hybridized carbons (Fsp3) is 0.417. The Morgan fingerprint density at radius 2 is 2.20 bits per heavy atom. The maximum atomic E-state index is 11.7. The van der Waals surface area contributed by atoms with Crippen LogP contribution in [0.4, 0.5) is 0 Å². The molecule has 15 heavy (non-hydrogen) atoms. The Morgan fingerprint density at radius 3 is 2.87 bits per heavy atom. The number of carbonyl (C=O) groups is 1. The van der Waals surface area contributed by atoms with E-state index in [9.17, 15) is 4.79 Å². The van der Waals surface area contributed by atoms with E-state index in [-0.39, 0.29) is 5.91 Å². The molecule has 1 saturated heterocycles. The van der Waals surface area contributed by atoms with Crippen molar-refractivity contribution in [1.29, 1.82) is 0 Å². The van der Waals surface area contributed by atoms with Gasteiger partial charge in [0.1, 0.15) is 0 Å². The van der Waals surface area contributed by atoms with Gasteiger partial charge < -0.3 is 5.32 Å². The normalized spacial score (nSPS) is 20.1. The molecule has 1 atom stereocenters. The first-order valence-corrected chi connectivity index (χ1v) is 6.36. The molecule has 3 heteroatoms. The lowest BCUT2D eigenvalue weighted by atomic mass is 10.2. The Kier molecular flexibility index (Phi) is 3.67. The average Bonchev–Trinajstić information content (AvgIpc) is 2.80. The van der Waals surface area contributed by atoms with Crippen LogP contribution in [-0.2, 0) is 0 Å². The van der Waals surface area contributed by atoms with Gasteiger partial charge >= 0.3 is 0 Å². The van der Waals surface area contributed by atoms with E-state index in [1.807, 2.05) is 42.1 Å². The van der Waals surface area contributed by atoms with Crippen molar-refractivity contribution in [2.75, 3.05) is 12.3 Å². The highest BCUT2D eigenvalue weighted by atomic mass is 32.2. The van der Waals surface area contributed by atoms with Gasteiger partial charge in [-0.25, -0.2) is 0 Å². The van der Waals surface area contributed by atoms with Gasteiger partial charge in [0, 0.05) is 17.4 Å². The predicted molar refractivity (Wildman–Crippen MR) is 64.3 cm³/mol. The van der Waals surface area contributed by atoms with Crippen molar-refractivity contribution in [1.82, 2.24) is 5.32 Å². The zero-order valence-corrected chi connectivity index (χ0v) is 9.43. The minimum atomic E-state index is 0.0445. The number of amides is 1. The van der Waals surface area contributed by atoms with Gasteiger partial charge in [-0.05, 0) is 30.7 Å². The molecule has 0 aliphatic carbocycles. The summed E-state index contributed by atoms with van der Waals surface area (Å²) in [6.45, 7) is 0.804. The highest BCUT2D eigenvalue weighted by molar-refractivity contribution is 8.00. The third-order valence-corrected chi connectivity index (χ3v) is 3.95. The highest BCUT2D eigenvalue weighted by Gasteiger charge is 2.16. The summed E-state index contributed by atoms with van der Waals surface area (Å²) in [6.07, 6.45) is 2.52. The second-order valence-corrected chi connectivity index (χ2v) is 5.12. The van der Waals surface area contributed by atoms with Crippen LogP contribution in [0.2, 0.25) is 0 Å². The summed E-state index contributed by atoms with van der Waals surface area (Å²) < 4.78 is 0. The number of carbonyl (C=O) groups excluding carboxylic acids is 1. The van der Waals surface area contributed by atoms with Gasteiger partial charge in [0.05, 0.1) is 0 Å². The summed E-state index contributed by atoms with van der Waals surface area (Å²) in [5, 5.41) is 3.60. The van der Waals surface area contributed by atoms with Crippen LogP contribution in [0.3, 0.4) is 0 Å². The molecule has 80 valence electrons. The first-order chi connectivity index (χ1) is 7.36. The largest absolute Gasteiger partial charge is 0.351 e. The molecule has 2 nitrogen and oxygen atoms in total.